The van der Waals surface area contributed by atoms with Gasteiger partial charge in [0.05, 0.1) is 5.56 Å². The monoisotopic (exact) mass is 403 g/mol. The number of anilines is 1. The fourth-order valence-corrected chi connectivity index (χ4v) is 4.65. The van der Waals surface area contributed by atoms with E-state index in [0.717, 1.165) is 41.7 Å². The molecule has 1 heterocycles. The molecule has 2 aromatic rings. The van der Waals surface area contributed by atoms with Crippen LogP contribution in [0.1, 0.15) is 39.2 Å². The predicted molar refractivity (Wildman–Crippen MR) is 111 cm³/mol. The molecule has 0 saturated carbocycles. The standard InChI is InChI=1S/C19H21N3O3S2/c1-11-5-4-6-12(9-11)25-10-15(23)21-19(26)22-18-16(17(20)24)13-7-2-3-8-14(13)27-18/h4-6,9H,2-3,7-8,10H2,1H3,(H2,20,24)(H2,21,22,23,26). The first-order valence-electron chi connectivity index (χ1n) is 8.68. The maximum Gasteiger partial charge on any atom is 0.264 e. The molecule has 0 spiro atoms. The summed E-state index contributed by atoms with van der Waals surface area (Å²) >= 11 is 6.68. The number of benzene rings is 1. The minimum Gasteiger partial charge on any atom is -0.484 e. The van der Waals surface area contributed by atoms with Gasteiger partial charge >= 0.3 is 0 Å². The first-order valence-corrected chi connectivity index (χ1v) is 9.91. The van der Waals surface area contributed by atoms with Crippen LogP contribution in [0.5, 0.6) is 5.75 Å². The zero-order valence-electron chi connectivity index (χ0n) is 15.0. The van der Waals surface area contributed by atoms with Gasteiger partial charge in [-0.2, -0.15) is 0 Å². The largest absolute Gasteiger partial charge is 0.484 e. The summed E-state index contributed by atoms with van der Waals surface area (Å²) in [7, 11) is 0. The molecule has 27 heavy (non-hydrogen) atoms. The summed E-state index contributed by atoms with van der Waals surface area (Å²) in [5.74, 6) is -0.240. The van der Waals surface area contributed by atoms with Crippen LogP contribution >= 0.6 is 23.6 Å². The Balaban J connectivity index is 1.60. The van der Waals surface area contributed by atoms with Crippen molar-refractivity contribution in [3.8, 4) is 5.75 Å². The van der Waals surface area contributed by atoms with E-state index in [1.54, 1.807) is 6.07 Å². The second-order valence-corrected chi connectivity index (χ2v) is 7.90. The highest BCUT2D eigenvalue weighted by Crippen LogP contribution is 2.37. The van der Waals surface area contributed by atoms with Crippen molar-refractivity contribution in [2.45, 2.75) is 32.6 Å². The van der Waals surface area contributed by atoms with Gasteiger partial charge in [-0.25, -0.2) is 0 Å². The van der Waals surface area contributed by atoms with Crippen LogP contribution in [0.3, 0.4) is 0 Å². The first-order chi connectivity index (χ1) is 12.9. The number of amides is 2. The van der Waals surface area contributed by atoms with Crippen LogP contribution in [0.15, 0.2) is 24.3 Å². The number of aryl methyl sites for hydroxylation is 2. The molecule has 4 N–H and O–H groups in total. The average Bonchev–Trinajstić information content (AvgIpc) is 2.97. The molecule has 1 aromatic carbocycles. The van der Waals surface area contributed by atoms with Crippen molar-refractivity contribution in [1.29, 1.82) is 0 Å². The molecule has 3 rings (SSSR count). The fourth-order valence-electron chi connectivity index (χ4n) is 3.07. The number of hydrogen-bond donors (Lipinski definition) is 3. The van der Waals surface area contributed by atoms with E-state index in [1.165, 1.54) is 11.3 Å². The number of primary amides is 1. The van der Waals surface area contributed by atoms with Gasteiger partial charge < -0.3 is 15.8 Å². The Morgan fingerprint density at radius 2 is 2.07 bits per heavy atom. The number of thiocarbonyl (C=S) groups is 1. The number of rotatable bonds is 5. The highest BCUT2D eigenvalue weighted by Gasteiger charge is 2.24. The maximum absolute atomic E-state index is 12.1. The normalized spacial score (nSPS) is 12.8. The number of thiophene rings is 1. The third-order valence-corrected chi connectivity index (χ3v) is 5.67. The van der Waals surface area contributed by atoms with E-state index in [1.807, 2.05) is 25.1 Å². The molecule has 8 heteroatoms. The van der Waals surface area contributed by atoms with Crippen LogP contribution in [0.2, 0.25) is 0 Å². The van der Waals surface area contributed by atoms with E-state index in [2.05, 4.69) is 10.6 Å². The van der Waals surface area contributed by atoms with Crippen molar-refractivity contribution >= 4 is 45.5 Å². The van der Waals surface area contributed by atoms with Crippen LogP contribution in [0.4, 0.5) is 5.00 Å². The smallest absolute Gasteiger partial charge is 0.264 e. The number of nitrogens with two attached hydrogens (primary N) is 1. The fraction of sp³-hybridized carbons (Fsp3) is 0.316. The summed E-state index contributed by atoms with van der Waals surface area (Å²) in [4.78, 5) is 25.1. The first kappa shape index (κ1) is 19.3. The van der Waals surface area contributed by atoms with Crippen molar-refractivity contribution in [2.24, 2.45) is 5.73 Å². The van der Waals surface area contributed by atoms with E-state index in [0.29, 0.717) is 16.3 Å². The van der Waals surface area contributed by atoms with Gasteiger partial charge in [-0.15, -0.1) is 11.3 Å². The van der Waals surface area contributed by atoms with E-state index in [9.17, 15) is 9.59 Å². The van der Waals surface area contributed by atoms with E-state index < -0.39 is 5.91 Å². The molecule has 0 fully saturated rings. The number of carbonyl (C=O) groups excluding carboxylic acids is 2. The predicted octanol–water partition coefficient (Wildman–Crippen LogP) is 2.93. The molecule has 0 saturated heterocycles. The Morgan fingerprint density at radius 1 is 1.30 bits per heavy atom. The molecule has 0 atom stereocenters. The van der Waals surface area contributed by atoms with Crippen molar-refractivity contribution in [3.63, 3.8) is 0 Å². The number of ether oxygens (including phenoxy) is 1. The molecule has 0 bridgehead atoms. The molecule has 1 aliphatic carbocycles. The summed E-state index contributed by atoms with van der Waals surface area (Å²) < 4.78 is 5.46. The Morgan fingerprint density at radius 3 is 2.81 bits per heavy atom. The molecular weight excluding hydrogens is 382 g/mol. The Hall–Kier alpha value is -2.45. The third-order valence-electron chi connectivity index (χ3n) is 4.26. The maximum atomic E-state index is 12.1. The number of nitrogens with one attached hydrogen (secondary N) is 2. The highest BCUT2D eigenvalue weighted by atomic mass is 32.1. The zero-order chi connectivity index (χ0) is 19.4. The zero-order valence-corrected chi connectivity index (χ0v) is 16.6. The highest BCUT2D eigenvalue weighted by molar-refractivity contribution is 7.80. The SMILES string of the molecule is Cc1cccc(OCC(=O)NC(=S)Nc2sc3c(c2C(N)=O)CCCC3)c1. The van der Waals surface area contributed by atoms with Crippen LogP contribution in [0.25, 0.3) is 0 Å². The number of fused-ring (bicyclic) bond motifs is 1. The molecule has 0 unspecified atom stereocenters. The van der Waals surface area contributed by atoms with Gasteiger partial charge in [-0.05, 0) is 68.1 Å². The van der Waals surface area contributed by atoms with Gasteiger partial charge in [0.25, 0.3) is 11.8 Å². The number of hydrogen-bond acceptors (Lipinski definition) is 5. The van der Waals surface area contributed by atoms with Gasteiger partial charge in [-0.1, -0.05) is 12.1 Å². The van der Waals surface area contributed by atoms with Crippen LogP contribution in [-0.2, 0) is 17.6 Å². The second-order valence-electron chi connectivity index (χ2n) is 6.39. The van der Waals surface area contributed by atoms with E-state index >= 15 is 0 Å². The van der Waals surface area contributed by atoms with E-state index in [4.69, 9.17) is 22.7 Å². The second kappa shape index (κ2) is 8.49. The summed E-state index contributed by atoms with van der Waals surface area (Å²) in [6.07, 6.45) is 3.92. The summed E-state index contributed by atoms with van der Waals surface area (Å²) in [5.41, 5.74) is 8.11. The lowest BCUT2D eigenvalue weighted by Crippen LogP contribution is -2.37. The lowest BCUT2D eigenvalue weighted by molar-refractivity contribution is -0.121. The minimum atomic E-state index is -0.478. The topological polar surface area (TPSA) is 93.4 Å². The molecule has 0 radical (unpaired) electrons. The van der Waals surface area contributed by atoms with Gasteiger partial charge in [-0.3, -0.25) is 14.9 Å². The minimum absolute atomic E-state index is 0.119. The van der Waals surface area contributed by atoms with Crippen LogP contribution < -0.4 is 21.1 Å². The lowest BCUT2D eigenvalue weighted by Gasteiger charge is -2.12. The van der Waals surface area contributed by atoms with Gasteiger partial charge in [0.1, 0.15) is 10.8 Å². The van der Waals surface area contributed by atoms with Gasteiger partial charge in [0, 0.05) is 4.88 Å². The van der Waals surface area contributed by atoms with Crippen LogP contribution in [-0.4, -0.2) is 23.5 Å². The molecule has 6 nitrogen and oxygen atoms in total. The number of carbonyl (C=O) groups is 2. The summed E-state index contributed by atoms with van der Waals surface area (Å²) in [5, 5.41) is 6.24. The molecule has 142 valence electrons. The quantitative estimate of drug-likeness (QED) is 0.668. The third kappa shape index (κ3) is 4.84. The van der Waals surface area contributed by atoms with Crippen molar-refractivity contribution < 1.29 is 14.3 Å². The molecular formula is C19H21N3O3S2. The Labute approximate surface area is 167 Å². The van der Waals surface area contributed by atoms with Gasteiger partial charge in [0.2, 0.25) is 0 Å². The molecule has 1 aromatic heterocycles. The lowest BCUT2D eigenvalue weighted by atomic mass is 9.95. The summed E-state index contributed by atoms with van der Waals surface area (Å²) in [6.45, 7) is 1.79. The molecule has 2 amide bonds. The molecule has 0 aliphatic heterocycles. The van der Waals surface area contributed by atoms with Crippen LogP contribution in [0, 0.1) is 6.92 Å². The summed E-state index contributed by atoms with van der Waals surface area (Å²) in [6, 6.07) is 7.44. The van der Waals surface area contributed by atoms with Crippen molar-refractivity contribution in [1.82, 2.24) is 5.32 Å². The van der Waals surface area contributed by atoms with Crippen molar-refractivity contribution in [2.75, 3.05) is 11.9 Å². The van der Waals surface area contributed by atoms with E-state index in [-0.39, 0.29) is 17.6 Å². The van der Waals surface area contributed by atoms with Gasteiger partial charge in [0.15, 0.2) is 11.7 Å². The molecule has 1 aliphatic rings. The Bertz CT molecular complexity index is 892. The van der Waals surface area contributed by atoms with Crippen molar-refractivity contribution in [3.05, 3.63) is 45.8 Å². The average molecular weight is 404 g/mol. The Kier molecular flexibility index (Phi) is 6.08.